The molecule has 38 heavy (non-hydrogen) atoms. The highest BCUT2D eigenvalue weighted by Gasteiger charge is 2.70. The first-order valence-corrected chi connectivity index (χ1v) is 15.1. The number of carbonyl (C=O) groups excluding carboxylic acids is 3. The van der Waals surface area contributed by atoms with Crippen molar-refractivity contribution in [2.45, 2.75) is 54.6 Å². The number of hydrogen-bond donors (Lipinski definition) is 1. The fraction of sp³-hybridized carbons (Fsp3) is 0.750. The van der Waals surface area contributed by atoms with Crippen LogP contribution in [-0.2, 0) is 23.9 Å². The number of rotatable bonds is 9. The molecule has 5 atom stereocenters. The van der Waals surface area contributed by atoms with Gasteiger partial charge in [0.1, 0.15) is 6.04 Å². The molecule has 10 heteroatoms. The Morgan fingerprint density at radius 2 is 1.79 bits per heavy atom. The zero-order valence-electron chi connectivity index (χ0n) is 22.2. The van der Waals surface area contributed by atoms with Crippen molar-refractivity contribution in [3.8, 4) is 0 Å². The summed E-state index contributed by atoms with van der Waals surface area (Å²) in [6, 6.07) is -0.636. The Morgan fingerprint density at radius 3 is 2.61 bits per heavy atom. The average Bonchev–Trinajstić information content (AvgIpc) is 3.33. The number of esters is 1. The molecule has 0 aromatic rings. The zero-order chi connectivity index (χ0) is 26.5. The van der Waals surface area contributed by atoms with Crippen molar-refractivity contribution in [1.29, 1.82) is 0 Å². The minimum Gasteiger partial charge on any atom is -0.465 e. The van der Waals surface area contributed by atoms with Gasteiger partial charge in [-0.3, -0.25) is 19.3 Å². The van der Waals surface area contributed by atoms with Gasteiger partial charge in [-0.1, -0.05) is 37.1 Å². The van der Waals surface area contributed by atoms with Gasteiger partial charge in [0.2, 0.25) is 11.8 Å². The number of aliphatic hydroxyl groups excluding tert-OH is 1. The minimum atomic E-state index is -0.787. The number of ether oxygens (including phenoxy) is 2. The molecular formula is C28H41N3O6S. The van der Waals surface area contributed by atoms with E-state index in [-0.39, 0.29) is 29.6 Å². The van der Waals surface area contributed by atoms with Crippen LogP contribution >= 0.6 is 11.8 Å². The van der Waals surface area contributed by atoms with E-state index in [1.54, 1.807) is 16.7 Å². The van der Waals surface area contributed by atoms with Crippen molar-refractivity contribution in [3.05, 3.63) is 24.3 Å². The van der Waals surface area contributed by atoms with E-state index in [0.717, 1.165) is 58.2 Å². The largest absolute Gasteiger partial charge is 0.465 e. The number of amides is 2. The fourth-order valence-electron chi connectivity index (χ4n) is 6.58. The molecule has 0 bridgehead atoms. The Labute approximate surface area is 229 Å². The van der Waals surface area contributed by atoms with Gasteiger partial charge in [-0.05, 0) is 25.7 Å². The molecular weight excluding hydrogens is 506 g/mol. The number of likely N-dealkylation sites (tertiary alicyclic amines) is 1. The van der Waals surface area contributed by atoms with Crippen LogP contribution in [0.25, 0.3) is 0 Å². The van der Waals surface area contributed by atoms with E-state index >= 15 is 0 Å². The Balaban J connectivity index is 1.42. The molecule has 0 aromatic heterocycles. The highest BCUT2D eigenvalue weighted by atomic mass is 32.2. The third-order valence-electron chi connectivity index (χ3n) is 8.53. The Bertz CT molecular complexity index is 938. The van der Waals surface area contributed by atoms with Crippen molar-refractivity contribution in [3.63, 3.8) is 0 Å². The maximum atomic E-state index is 14.3. The predicted octanol–water partition coefficient (Wildman–Crippen LogP) is 1.46. The second-order valence-electron chi connectivity index (χ2n) is 10.9. The monoisotopic (exact) mass is 547 g/mol. The van der Waals surface area contributed by atoms with Gasteiger partial charge in [-0.15, -0.1) is 11.8 Å². The van der Waals surface area contributed by atoms with Gasteiger partial charge in [0.05, 0.1) is 36.4 Å². The average molecular weight is 548 g/mol. The topological polar surface area (TPSA) is 99.6 Å². The summed E-state index contributed by atoms with van der Waals surface area (Å²) in [6.07, 6.45) is 13.1. The standard InChI is InChI=1S/C28H41N3O6S/c32-17-6-2-1-5-12-31-24-26(34)30(14-13-29-15-19-36-20-16-29)11-8-10-28(24)23(25(31)33)22-21(38-28)9-4-3-7-18-37-27(22)35/h4,8-10,21-24,32H,1-3,5-7,11-20H2/b9-4-/t21-,22+,23+,24?,28+/m1/s1. The number of hydrogen-bond acceptors (Lipinski definition) is 8. The summed E-state index contributed by atoms with van der Waals surface area (Å²) in [5.74, 6) is -1.65. The molecule has 5 aliphatic heterocycles. The lowest BCUT2D eigenvalue weighted by Gasteiger charge is -2.36. The quantitative estimate of drug-likeness (QED) is 0.263. The smallest absolute Gasteiger partial charge is 0.311 e. The second kappa shape index (κ2) is 12.5. The Kier molecular flexibility index (Phi) is 9.13. The number of fused-ring (bicyclic) bond motifs is 2. The zero-order valence-corrected chi connectivity index (χ0v) is 23.0. The summed E-state index contributed by atoms with van der Waals surface area (Å²) < 4.78 is 10.3. The molecule has 0 aromatic carbocycles. The van der Waals surface area contributed by atoms with Gasteiger partial charge < -0.3 is 24.4 Å². The summed E-state index contributed by atoms with van der Waals surface area (Å²) in [7, 11) is 0. The van der Waals surface area contributed by atoms with Gasteiger partial charge in [0.25, 0.3) is 0 Å². The Hall–Kier alpha value is -1.88. The molecule has 1 unspecified atom stereocenters. The summed E-state index contributed by atoms with van der Waals surface area (Å²) >= 11 is 1.61. The molecule has 2 amide bonds. The lowest BCUT2D eigenvalue weighted by atomic mass is 9.78. The molecule has 5 rings (SSSR count). The van der Waals surface area contributed by atoms with E-state index in [9.17, 15) is 14.4 Å². The van der Waals surface area contributed by atoms with E-state index in [2.05, 4.69) is 23.1 Å². The molecule has 1 spiro atoms. The van der Waals surface area contributed by atoms with Gasteiger partial charge in [0, 0.05) is 51.1 Å². The normalized spacial score (nSPS) is 34.6. The Morgan fingerprint density at radius 1 is 0.974 bits per heavy atom. The van der Waals surface area contributed by atoms with Crippen LogP contribution in [0.5, 0.6) is 0 Å². The molecule has 0 aliphatic carbocycles. The van der Waals surface area contributed by atoms with Crippen molar-refractivity contribution in [2.24, 2.45) is 11.8 Å². The molecule has 3 saturated heterocycles. The van der Waals surface area contributed by atoms with E-state index in [4.69, 9.17) is 14.6 Å². The summed E-state index contributed by atoms with van der Waals surface area (Å²) in [5, 5.41) is 8.94. The molecule has 1 N–H and O–H groups in total. The van der Waals surface area contributed by atoms with Gasteiger partial charge in [-0.2, -0.15) is 0 Å². The first kappa shape index (κ1) is 27.7. The summed E-state index contributed by atoms with van der Waals surface area (Å²) in [4.78, 5) is 47.7. The van der Waals surface area contributed by atoms with Crippen LogP contribution in [-0.4, -0.2) is 119 Å². The van der Waals surface area contributed by atoms with Crippen LogP contribution in [0.3, 0.4) is 0 Å². The third-order valence-corrected chi connectivity index (χ3v) is 10.3. The number of morpholine rings is 1. The van der Waals surface area contributed by atoms with Crippen molar-refractivity contribution in [1.82, 2.24) is 14.7 Å². The molecule has 210 valence electrons. The molecule has 9 nitrogen and oxygen atoms in total. The number of unbranched alkanes of at least 4 members (excludes halogenated alkanes) is 3. The van der Waals surface area contributed by atoms with E-state index in [1.807, 2.05) is 11.0 Å². The SMILES string of the molecule is O=C1OCCC/C=C\[C@H]2S[C@]34C=CCN(CCN5CCOCC5)C(=O)C3N(CCCCCCO)C(=O)[C@@H]4[C@@H]12. The van der Waals surface area contributed by atoms with E-state index in [1.165, 1.54) is 0 Å². The van der Waals surface area contributed by atoms with Crippen LogP contribution < -0.4 is 0 Å². The maximum Gasteiger partial charge on any atom is 0.311 e. The molecule has 3 fully saturated rings. The molecule has 5 heterocycles. The highest BCUT2D eigenvalue weighted by molar-refractivity contribution is 8.02. The third kappa shape index (κ3) is 5.42. The maximum absolute atomic E-state index is 14.3. The van der Waals surface area contributed by atoms with Gasteiger partial charge >= 0.3 is 5.97 Å². The van der Waals surface area contributed by atoms with Crippen molar-refractivity contribution < 1.29 is 29.0 Å². The van der Waals surface area contributed by atoms with Crippen LogP contribution in [0.1, 0.15) is 38.5 Å². The second-order valence-corrected chi connectivity index (χ2v) is 12.4. The first-order valence-electron chi connectivity index (χ1n) is 14.3. The number of carbonyl (C=O) groups is 3. The van der Waals surface area contributed by atoms with Crippen LogP contribution in [0, 0.1) is 11.8 Å². The number of allylic oxidation sites excluding steroid dienone is 1. The van der Waals surface area contributed by atoms with E-state index < -0.39 is 22.6 Å². The van der Waals surface area contributed by atoms with Gasteiger partial charge in [0.15, 0.2) is 0 Å². The summed E-state index contributed by atoms with van der Waals surface area (Å²) in [5.41, 5.74) is 0. The predicted molar refractivity (Wildman–Crippen MR) is 144 cm³/mol. The minimum absolute atomic E-state index is 0.0224. The fourth-order valence-corrected chi connectivity index (χ4v) is 8.58. The van der Waals surface area contributed by atoms with Crippen LogP contribution in [0.15, 0.2) is 24.3 Å². The lowest BCUT2D eigenvalue weighted by molar-refractivity contribution is -0.153. The molecule has 5 aliphatic rings. The van der Waals surface area contributed by atoms with Crippen LogP contribution in [0.4, 0.5) is 0 Å². The number of aliphatic hydroxyl groups is 1. The summed E-state index contributed by atoms with van der Waals surface area (Å²) in [6.45, 7) is 6.01. The molecule has 0 saturated carbocycles. The lowest BCUT2D eigenvalue weighted by Crippen LogP contribution is -2.54. The first-order chi connectivity index (χ1) is 18.6. The highest BCUT2D eigenvalue weighted by Crippen LogP contribution is 2.60. The van der Waals surface area contributed by atoms with Gasteiger partial charge in [-0.25, -0.2) is 0 Å². The number of thioether (sulfide) groups is 1. The van der Waals surface area contributed by atoms with Crippen LogP contribution in [0.2, 0.25) is 0 Å². The molecule has 0 radical (unpaired) electrons. The van der Waals surface area contributed by atoms with E-state index in [0.29, 0.717) is 39.5 Å². The van der Waals surface area contributed by atoms with Crippen molar-refractivity contribution >= 4 is 29.5 Å². The number of nitrogens with zero attached hydrogens (tertiary/aromatic N) is 3. The van der Waals surface area contributed by atoms with Crippen molar-refractivity contribution in [2.75, 3.05) is 65.7 Å². The number of cyclic esters (lactones) is 1.